The monoisotopic (exact) mass is 259 g/mol. The van der Waals surface area contributed by atoms with Gasteiger partial charge in [-0.05, 0) is 31.2 Å². The summed E-state index contributed by atoms with van der Waals surface area (Å²) in [6.45, 7) is 1.76. The molecule has 0 unspecified atom stereocenters. The minimum atomic E-state index is -1.13. The molecule has 2 N–H and O–H groups in total. The van der Waals surface area contributed by atoms with Gasteiger partial charge in [0.15, 0.2) is 0 Å². The van der Waals surface area contributed by atoms with Gasteiger partial charge in [0.2, 0.25) is 0 Å². The number of benzene rings is 1. The SMILES string of the molecule is C[C@@H](NC(=O)c1ccccc1C(=O)O)c1ccco1. The maximum absolute atomic E-state index is 12.1. The number of nitrogens with one attached hydrogen (secondary N) is 1. The summed E-state index contributed by atoms with van der Waals surface area (Å²) in [5.41, 5.74) is 0.111. The van der Waals surface area contributed by atoms with Gasteiger partial charge in [0.1, 0.15) is 5.76 Å². The van der Waals surface area contributed by atoms with Crippen molar-refractivity contribution in [1.82, 2.24) is 5.32 Å². The quantitative estimate of drug-likeness (QED) is 0.883. The molecular formula is C14H13NO4. The van der Waals surface area contributed by atoms with Crippen molar-refractivity contribution in [3.8, 4) is 0 Å². The molecule has 1 heterocycles. The summed E-state index contributed by atoms with van der Waals surface area (Å²) >= 11 is 0. The number of carboxylic acids is 1. The summed E-state index contributed by atoms with van der Waals surface area (Å²) in [6.07, 6.45) is 1.52. The van der Waals surface area contributed by atoms with Gasteiger partial charge < -0.3 is 14.8 Å². The van der Waals surface area contributed by atoms with Crippen molar-refractivity contribution in [2.24, 2.45) is 0 Å². The number of rotatable bonds is 4. The molecule has 2 rings (SSSR count). The Morgan fingerprint density at radius 3 is 2.42 bits per heavy atom. The lowest BCUT2D eigenvalue weighted by Crippen LogP contribution is -2.27. The van der Waals surface area contributed by atoms with Gasteiger partial charge in [-0.15, -0.1) is 0 Å². The highest BCUT2D eigenvalue weighted by atomic mass is 16.4. The Bertz CT molecular complexity index is 589. The Kier molecular flexibility index (Phi) is 3.66. The highest BCUT2D eigenvalue weighted by Crippen LogP contribution is 2.15. The molecule has 0 aliphatic carbocycles. The number of furan rings is 1. The van der Waals surface area contributed by atoms with Crippen LogP contribution in [0.25, 0.3) is 0 Å². The maximum atomic E-state index is 12.1. The van der Waals surface area contributed by atoms with Gasteiger partial charge in [0.05, 0.1) is 23.4 Å². The van der Waals surface area contributed by atoms with Crippen LogP contribution in [0, 0.1) is 0 Å². The number of aromatic carboxylic acids is 1. The van der Waals surface area contributed by atoms with Crippen LogP contribution in [0.2, 0.25) is 0 Å². The number of carbonyl (C=O) groups is 2. The number of amides is 1. The number of carbonyl (C=O) groups excluding carboxylic acids is 1. The molecule has 0 saturated carbocycles. The number of hydrogen-bond acceptors (Lipinski definition) is 3. The molecule has 1 aromatic heterocycles. The number of hydrogen-bond donors (Lipinski definition) is 2. The molecule has 0 fully saturated rings. The summed E-state index contributed by atoms with van der Waals surface area (Å²) in [5.74, 6) is -0.959. The number of carboxylic acid groups (broad SMARTS) is 1. The van der Waals surface area contributed by atoms with Crippen LogP contribution in [-0.4, -0.2) is 17.0 Å². The summed E-state index contributed by atoms with van der Waals surface area (Å²) in [6, 6.07) is 9.22. The molecule has 0 radical (unpaired) electrons. The van der Waals surface area contributed by atoms with Gasteiger partial charge in [0.25, 0.3) is 5.91 Å². The smallest absolute Gasteiger partial charge is 0.336 e. The minimum Gasteiger partial charge on any atom is -0.478 e. The summed E-state index contributed by atoms with van der Waals surface area (Å²) < 4.78 is 5.18. The Morgan fingerprint density at radius 1 is 1.16 bits per heavy atom. The molecular weight excluding hydrogens is 246 g/mol. The summed E-state index contributed by atoms with van der Waals surface area (Å²) in [5, 5.41) is 11.7. The van der Waals surface area contributed by atoms with E-state index in [1.165, 1.54) is 18.4 Å². The van der Waals surface area contributed by atoms with E-state index in [-0.39, 0.29) is 17.2 Å². The van der Waals surface area contributed by atoms with Crippen LogP contribution in [0.15, 0.2) is 47.1 Å². The predicted molar refractivity (Wildman–Crippen MR) is 68.0 cm³/mol. The van der Waals surface area contributed by atoms with E-state index in [1.54, 1.807) is 31.2 Å². The summed E-state index contributed by atoms with van der Waals surface area (Å²) in [4.78, 5) is 23.1. The van der Waals surface area contributed by atoms with Gasteiger partial charge in [0, 0.05) is 0 Å². The van der Waals surface area contributed by atoms with Gasteiger partial charge in [-0.2, -0.15) is 0 Å². The van der Waals surface area contributed by atoms with E-state index in [9.17, 15) is 9.59 Å². The molecule has 0 aliphatic heterocycles. The molecule has 0 aliphatic rings. The average Bonchev–Trinajstić information content (AvgIpc) is 2.92. The highest BCUT2D eigenvalue weighted by molar-refractivity contribution is 6.04. The topological polar surface area (TPSA) is 79.5 Å². The van der Waals surface area contributed by atoms with E-state index >= 15 is 0 Å². The molecule has 0 spiro atoms. The zero-order chi connectivity index (χ0) is 13.8. The van der Waals surface area contributed by atoms with Crippen molar-refractivity contribution < 1.29 is 19.1 Å². The fourth-order valence-electron chi connectivity index (χ4n) is 1.75. The average molecular weight is 259 g/mol. The van der Waals surface area contributed by atoms with Crippen LogP contribution in [0.5, 0.6) is 0 Å². The molecule has 98 valence electrons. The largest absolute Gasteiger partial charge is 0.478 e. The molecule has 5 heteroatoms. The molecule has 19 heavy (non-hydrogen) atoms. The highest BCUT2D eigenvalue weighted by Gasteiger charge is 2.18. The first-order valence-corrected chi connectivity index (χ1v) is 5.76. The van der Waals surface area contributed by atoms with Crippen molar-refractivity contribution in [3.63, 3.8) is 0 Å². The van der Waals surface area contributed by atoms with Crippen LogP contribution in [-0.2, 0) is 0 Å². The predicted octanol–water partition coefficient (Wildman–Crippen LogP) is 2.47. The molecule has 2 aromatic rings. The Labute approximate surface area is 109 Å². The molecule has 5 nitrogen and oxygen atoms in total. The zero-order valence-corrected chi connectivity index (χ0v) is 10.3. The zero-order valence-electron chi connectivity index (χ0n) is 10.3. The van der Waals surface area contributed by atoms with Crippen molar-refractivity contribution >= 4 is 11.9 Å². The molecule has 0 saturated heterocycles. The third kappa shape index (κ3) is 2.82. The van der Waals surface area contributed by atoms with Gasteiger partial charge in [-0.3, -0.25) is 4.79 Å². The van der Waals surface area contributed by atoms with Crippen LogP contribution in [0.1, 0.15) is 39.4 Å². The minimum absolute atomic E-state index is 0.0216. The van der Waals surface area contributed by atoms with E-state index in [2.05, 4.69) is 5.32 Å². The van der Waals surface area contributed by atoms with Crippen LogP contribution in [0.3, 0.4) is 0 Å². The first kappa shape index (κ1) is 12.9. The van der Waals surface area contributed by atoms with E-state index in [1.807, 2.05) is 0 Å². The van der Waals surface area contributed by atoms with Crippen molar-refractivity contribution in [2.75, 3.05) is 0 Å². The van der Waals surface area contributed by atoms with E-state index in [0.717, 1.165) is 0 Å². The van der Waals surface area contributed by atoms with E-state index in [0.29, 0.717) is 5.76 Å². The second kappa shape index (κ2) is 5.39. The van der Waals surface area contributed by atoms with Gasteiger partial charge in [-0.1, -0.05) is 12.1 Å². The third-order valence-electron chi connectivity index (χ3n) is 2.72. The Morgan fingerprint density at radius 2 is 1.84 bits per heavy atom. The van der Waals surface area contributed by atoms with E-state index < -0.39 is 11.9 Å². The van der Waals surface area contributed by atoms with Crippen molar-refractivity contribution in [2.45, 2.75) is 13.0 Å². The Hall–Kier alpha value is -2.56. The first-order chi connectivity index (χ1) is 9.09. The lowest BCUT2D eigenvalue weighted by atomic mass is 10.1. The van der Waals surface area contributed by atoms with Crippen LogP contribution < -0.4 is 5.32 Å². The van der Waals surface area contributed by atoms with Crippen molar-refractivity contribution in [1.29, 1.82) is 0 Å². The standard InChI is InChI=1S/C14H13NO4/c1-9(12-7-4-8-19-12)15-13(16)10-5-2-3-6-11(10)14(17)18/h2-9H,1H3,(H,15,16)(H,17,18)/t9-/m1/s1. The second-order valence-corrected chi connectivity index (χ2v) is 4.06. The lowest BCUT2D eigenvalue weighted by Gasteiger charge is -2.12. The molecule has 1 atom stereocenters. The normalized spacial score (nSPS) is 11.8. The maximum Gasteiger partial charge on any atom is 0.336 e. The fourth-order valence-corrected chi connectivity index (χ4v) is 1.75. The third-order valence-corrected chi connectivity index (χ3v) is 2.72. The molecule has 1 aromatic carbocycles. The lowest BCUT2D eigenvalue weighted by molar-refractivity contribution is 0.0690. The fraction of sp³-hybridized carbons (Fsp3) is 0.143. The van der Waals surface area contributed by atoms with Crippen molar-refractivity contribution in [3.05, 3.63) is 59.5 Å². The van der Waals surface area contributed by atoms with E-state index in [4.69, 9.17) is 9.52 Å². The first-order valence-electron chi connectivity index (χ1n) is 5.76. The van der Waals surface area contributed by atoms with Gasteiger partial charge in [-0.25, -0.2) is 4.79 Å². The van der Waals surface area contributed by atoms with Crippen LogP contribution in [0.4, 0.5) is 0 Å². The van der Waals surface area contributed by atoms with Gasteiger partial charge >= 0.3 is 5.97 Å². The molecule has 0 bridgehead atoms. The molecule has 1 amide bonds. The Balaban J connectivity index is 2.19. The second-order valence-electron chi connectivity index (χ2n) is 4.06. The summed E-state index contributed by atoms with van der Waals surface area (Å²) in [7, 11) is 0. The van der Waals surface area contributed by atoms with Crippen LogP contribution >= 0.6 is 0 Å².